The van der Waals surface area contributed by atoms with Crippen LogP contribution in [0.4, 0.5) is 10.5 Å². The lowest BCUT2D eigenvalue weighted by molar-refractivity contribution is -0.147. The molecule has 2 fully saturated rings. The molecule has 2 heterocycles. The van der Waals surface area contributed by atoms with Gasteiger partial charge in [0.15, 0.2) is 0 Å². The van der Waals surface area contributed by atoms with Gasteiger partial charge in [-0.05, 0) is 24.1 Å². The normalized spacial score (nSPS) is 23.0. The van der Waals surface area contributed by atoms with E-state index in [1.165, 1.54) is 0 Å². The van der Waals surface area contributed by atoms with Crippen LogP contribution < -0.4 is 16.0 Å². The van der Waals surface area contributed by atoms with Crippen LogP contribution in [0.3, 0.4) is 0 Å². The number of hydrogen-bond acceptors (Lipinski definition) is 3. The van der Waals surface area contributed by atoms with Crippen LogP contribution in [0.25, 0.3) is 0 Å². The van der Waals surface area contributed by atoms with Crippen LogP contribution in [0, 0.1) is 0 Å². The third-order valence-electron chi connectivity index (χ3n) is 5.32. The molecule has 3 N–H and O–H groups in total. The van der Waals surface area contributed by atoms with Gasteiger partial charge in [0.25, 0.3) is 0 Å². The number of urea groups is 1. The van der Waals surface area contributed by atoms with E-state index >= 15 is 0 Å². The van der Waals surface area contributed by atoms with Gasteiger partial charge in [0.1, 0.15) is 12.1 Å². The topological polar surface area (TPSA) is 90.5 Å². The summed E-state index contributed by atoms with van der Waals surface area (Å²) in [4.78, 5) is 39.4. The van der Waals surface area contributed by atoms with E-state index in [1.807, 2.05) is 30.3 Å². The Kier molecular flexibility index (Phi) is 5.83. The molecule has 7 nitrogen and oxygen atoms in total. The highest BCUT2D eigenvalue weighted by molar-refractivity contribution is 6.43. The minimum atomic E-state index is -0.603. The number of rotatable bonds is 4. The molecular weight excluding hydrogens is 427 g/mol. The fourth-order valence-electron chi connectivity index (χ4n) is 3.89. The molecule has 0 saturated carbocycles. The maximum atomic E-state index is 12.9. The lowest BCUT2D eigenvalue weighted by Crippen LogP contribution is -2.61. The third kappa shape index (κ3) is 4.22. The lowest BCUT2D eigenvalue weighted by Gasteiger charge is -2.34. The highest BCUT2D eigenvalue weighted by Gasteiger charge is 2.46. The van der Waals surface area contributed by atoms with Crippen molar-refractivity contribution in [1.29, 1.82) is 0 Å². The van der Waals surface area contributed by atoms with Crippen molar-refractivity contribution in [3.63, 3.8) is 0 Å². The molecule has 4 rings (SSSR count). The number of halogens is 2. The maximum absolute atomic E-state index is 12.9. The second-order valence-electron chi connectivity index (χ2n) is 7.39. The first-order valence-electron chi connectivity index (χ1n) is 9.58. The van der Waals surface area contributed by atoms with Gasteiger partial charge in [-0.3, -0.25) is 9.59 Å². The lowest BCUT2D eigenvalue weighted by atomic mass is 10.0. The van der Waals surface area contributed by atoms with Crippen molar-refractivity contribution in [2.45, 2.75) is 31.0 Å². The summed E-state index contributed by atoms with van der Waals surface area (Å²) in [6.07, 6.45) is 0.785. The van der Waals surface area contributed by atoms with Gasteiger partial charge in [-0.2, -0.15) is 0 Å². The van der Waals surface area contributed by atoms with Crippen molar-refractivity contribution in [1.82, 2.24) is 15.5 Å². The Bertz CT molecular complexity index is 985. The van der Waals surface area contributed by atoms with E-state index in [0.717, 1.165) is 5.56 Å². The fourth-order valence-corrected chi connectivity index (χ4v) is 4.24. The van der Waals surface area contributed by atoms with Crippen LogP contribution in [0.2, 0.25) is 10.0 Å². The van der Waals surface area contributed by atoms with Crippen molar-refractivity contribution >= 4 is 46.7 Å². The number of carbonyl (C=O) groups excluding carboxylic acids is 3. The number of amides is 4. The highest BCUT2D eigenvalue weighted by Crippen LogP contribution is 2.29. The van der Waals surface area contributed by atoms with Gasteiger partial charge in [0.2, 0.25) is 11.8 Å². The molecule has 2 aliphatic heterocycles. The molecular formula is C21H20Cl2N4O3. The predicted molar refractivity (Wildman–Crippen MR) is 115 cm³/mol. The number of hydrogen-bond donors (Lipinski definition) is 3. The molecule has 0 spiro atoms. The average molecular weight is 447 g/mol. The first-order chi connectivity index (χ1) is 14.4. The summed E-state index contributed by atoms with van der Waals surface area (Å²) in [5.74, 6) is -0.329. The maximum Gasteiger partial charge on any atom is 0.319 e. The molecule has 0 aromatic heterocycles. The van der Waals surface area contributed by atoms with Crippen LogP contribution in [-0.2, 0) is 16.0 Å². The average Bonchev–Trinajstić information content (AvgIpc) is 3.15. The summed E-state index contributed by atoms with van der Waals surface area (Å²) in [6, 6.07) is 12.5. The number of anilines is 1. The number of carbonyl (C=O) groups is 3. The molecule has 0 bridgehead atoms. The zero-order valence-electron chi connectivity index (χ0n) is 15.9. The molecule has 4 amide bonds. The van der Waals surface area contributed by atoms with Gasteiger partial charge in [-0.25, -0.2) is 4.79 Å². The minimum absolute atomic E-state index is 0.133. The monoisotopic (exact) mass is 446 g/mol. The van der Waals surface area contributed by atoms with Crippen LogP contribution in [0.15, 0.2) is 48.5 Å². The second kappa shape index (κ2) is 8.53. The summed E-state index contributed by atoms with van der Waals surface area (Å²) in [5, 5.41) is 8.87. The van der Waals surface area contributed by atoms with Crippen LogP contribution >= 0.6 is 23.2 Å². The van der Waals surface area contributed by atoms with E-state index in [9.17, 15) is 14.4 Å². The smallest absolute Gasteiger partial charge is 0.319 e. The summed E-state index contributed by atoms with van der Waals surface area (Å²) in [7, 11) is 0. The Labute approximate surface area is 183 Å². The second-order valence-corrected chi connectivity index (χ2v) is 8.17. The van der Waals surface area contributed by atoms with Gasteiger partial charge in [0.05, 0.1) is 21.8 Å². The van der Waals surface area contributed by atoms with Gasteiger partial charge < -0.3 is 20.9 Å². The molecule has 0 unspecified atom stereocenters. The Morgan fingerprint density at radius 2 is 1.87 bits per heavy atom. The van der Waals surface area contributed by atoms with E-state index in [0.29, 0.717) is 23.6 Å². The minimum Gasteiger partial charge on any atom is -0.342 e. The van der Waals surface area contributed by atoms with Gasteiger partial charge in [-0.1, -0.05) is 59.6 Å². The molecule has 2 aromatic carbocycles. The van der Waals surface area contributed by atoms with Crippen molar-refractivity contribution in [2.24, 2.45) is 0 Å². The molecule has 2 aliphatic rings. The number of benzene rings is 2. The molecule has 0 radical (unpaired) electrons. The van der Waals surface area contributed by atoms with Crippen molar-refractivity contribution in [2.75, 3.05) is 11.9 Å². The molecule has 156 valence electrons. The van der Waals surface area contributed by atoms with Crippen LogP contribution in [-0.4, -0.2) is 47.4 Å². The highest BCUT2D eigenvalue weighted by atomic mass is 35.5. The Morgan fingerprint density at radius 3 is 2.63 bits per heavy atom. The zero-order chi connectivity index (χ0) is 21.3. The summed E-state index contributed by atoms with van der Waals surface area (Å²) < 4.78 is 0. The van der Waals surface area contributed by atoms with Gasteiger partial charge >= 0.3 is 6.03 Å². The van der Waals surface area contributed by atoms with Crippen LogP contribution in [0.5, 0.6) is 0 Å². The zero-order valence-corrected chi connectivity index (χ0v) is 17.4. The van der Waals surface area contributed by atoms with Crippen molar-refractivity contribution in [3.05, 3.63) is 64.1 Å². The Hall–Kier alpha value is -2.77. The molecule has 0 aliphatic carbocycles. The number of nitrogens with one attached hydrogen (secondary N) is 3. The van der Waals surface area contributed by atoms with Crippen molar-refractivity contribution in [3.8, 4) is 0 Å². The molecule has 2 aromatic rings. The summed E-state index contributed by atoms with van der Waals surface area (Å²) in [5.41, 5.74) is 1.36. The largest absolute Gasteiger partial charge is 0.342 e. The summed E-state index contributed by atoms with van der Waals surface area (Å²) >= 11 is 12.1. The standard InChI is InChI=1S/C21H20Cl2N4O3/c22-14-7-4-8-15(18(14)23)26-21(30)24-13-10-17-19(28)25-16(20(29)27(17)11-13)9-12-5-2-1-3-6-12/h1-8,13,16-17H,9-11H2,(H,25,28)(H2,24,26,30)/t13-,16-,17-/m0/s1. The molecule has 2 saturated heterocycles. The number of piperazine rings is 1. The fraction of sp³-hybridized carbons (Fsp3) is 0.286. The number of nitrogens with zero attached hydrogens (tertiary/aromatic N) is 1. The molecule has 3 atom stereocenters. The van der Waals surface area contributed by atoms with E-state index in [2.05, 4.69) is 16.0 Å². The SMILES string of the molecule is O=C(Nc1cccc(Cl)c1Cl)N[C@H]1C[C@H]2C(=O)N[C@@H](Cc3ccccc3)C(=O)N2C1. The van der Waals surface area contributed by atoms with Crippen molar-refractivity contribution < 1.29 is 14.4 Å². The van der Waals surface area contributed by atoms with E-state index < -0.39 is 18.1 Å². The third-order valence-corrected chi connectivity index (χ3v) is 6.14. The van der Waals surface area contributed by atoms with Crippen LogP contribution in [0.1, 0.15) is 12.0 Å². The predicted octanol–water partition coefficient (Wildman–Crippen LogP) is 2.83. The number of fused-ring (bicyclic) bond motifs is 1. The molecule has 9 heteroatoms. The Morgan fingerprint density at radius 1 is 1.10 bits per heavy atom. The van der Waals surface area contributed by atoms with E-state index in [4.69, 9.17) is 23.2 Å². The quantitative estimate of drug-likeness (QED) is 0.674. The van der Waals surface area contributed by atoms with E-state index in [1.54, 1.807) is 23.1 Å². The van der Waals surface area contributed by atoms with Gasteiger partial charge in [-0.15, -0.1) is 0 Å². The summed E-state index contributed by atoms with van der Waals surface area (Å²) in [6.45, 7) is 0.277. The Balaban J connectivity index is 1.38. The molecule has 30 heavy (non-hydrogen) atoms. The van der Waals surface area contributed by atoms with Gasteiger partial charge in [0, 0.05) is 13.0 Å². The van der Waals surface area contributed by atoms with E-state index in [-0.39, 0.29) is 29.4 Å². The first kappa shape index (κ1) is 20.5. The first-order valence-corrected chi connectivity index (χ1v) is 10.3.